The summed E-state index contributed by atoms with van der Waals surface area (Å²) in [7, 11) is 1.64. The average Bonchev–Trinajstić information content (AvgIpc) is 3.12. The van der Waals surface area contributed by atoms with Crippen molar-refractivity contribution in [1.82, 2.24) is 4.90 Å². The lowest BCUT2D eigenvalue weighted by molar-refractivity contribution is 0.0708. The molecule has 1 amide bonds. The van der Waals surface area contributed by atoms with Gasteiger partial charge in [0.1, 0.15) is 11.3 Å². The second kappa shape index (κ2) is 10.9. The summed E-state index contributed by atoms with van der Waals surface area (Å²) in [6, 6.07) is 12.7. The third-order valence-corrected chi connectivity index (χ3v) is 6.33. The molecule has 0 saturated heterocycles. The minimum absolute atomic E-state index is 0.139. The fourth-order valence-corrected chi connectivity index (χ4v) is 4.56. The summed E-state index contributed by atoms with van der Waals surface area (Å²) in [4.78, 5) is 28.7. The van der Waals surface area contributed by atoms with Crippen molar-refractivity contribution in [1.29, 1.82) is 0 Å². The van der Waals surface area contributed by atoms with Gasteiger partial charge in [0.25, 0.3) is 5.91 Å². The topological polar surface area (TPSA) is 69.0 Å². The number of ether oxygens (including phenoxy) is 2. The number of aryl methyl sites for hydroxylation is 1. The minimum Gasteiger partial charge on any atom is -0.494 e. The standard InChI is InChI=1S/C28H33NO5/c1-4-5-6-7-17-33-21-12-10-20(11-13-21)25-24-26(30)22-18-19(2)9-14-23(22)34-27(24)28(31)29(25)15-8-16-32-3/h9-14,18,25H,4-8,15-17H2,1-3H3. The Balaban J connectivity index is 1.68. The van der Waals surface area contributed by atoms with Gasteiger partial charge in [0.15, 0.2) is 5.43 Å². The van der Waals surface area contributed by atoms with Crippen LogP contribution in [0.2, 0.25) is 0 Å². The first kappa shape index (κ1) is 24.0. The monoisotopic (exact) mass is 463 g/mol. The lowest BCUT2D eigenvalue weighted by atomic mass is 9.98. The zero-order valence-electron chi connectivity index (χ0n) is 20.3. The third kappa shape index (κ3) is 4.87. The molecule has 1 aliphatic rings. The van der Waals surface area contributed by atoms with Crippen LogP contribution >= 0.6 is 0 Å². The summed E-state index contributed by atoms with van der Waals surface area (Å²) >= 11 is 0. The Morgan fingerprint density at radius 1 is 0.971 bits per heavy atom. The molecule has 34 heavy (non-hydrogen) atoms. The number of fused-ring (bicyclic) bond motifs is 2. The molecule has 0 spiro atoms. The lowest BCUT2D eigenvalue weighted by Gasteiger charge is -2.25. The highest BCUT2D eigenvalue weighted by Gasteiger charge is 2.42. The summed E-state index contributed by atoms with van der Waals surface area (Å²) < 4.78 is 17.1. The van der Waals surface area contributed by atoms with Gasteiger partial charge in [0.2, 0.25) is 5.76 Å². The Morgan fingerprint density at radius 3 is 2.50 bits per heavy atom. The molecular weight excluding hydrogens is 430 g/mol. The molecule has 180 valence electrons. The van der Waals surface area contributed by atoms with E-state index in [-0.39, 0.29) is 17.1 Å². The van der Waals surface area contributed by atoms with Crippen LogP contribution in [0.4, 0.5) is 0 Å². The van der Waals surface area contributed by atoms with E-state index in [1.54, 1.807) is 18.1 Å². The first-order valence-corrected chi connectivity index (χ1v) is 12.1. The molecule has 1 aromatic heterocycles. The quantitative estimate of drug-likeness (QED) is 0.344. The molecule has 6 heteroatoms. The molecule has 2 heterocycles. The average molecular weight is 464 g/mol. The molecule has 1 unspecified atom stereocenters. The molecule has 4 rings (SSSR count). The Morgan fingerprint density at radius 2 is 1.76 bits per heavy atom. The number of nitrogens with zero attached hydrogens (tertiary/aromatic N) is 1. The highest BCUT2D eigenvalue weighted by Crippen LogP contribution is 2.38. The number of rotatable bonds is 11. The van der Waals surface area contributed by atoms with Crippen molar-refractivity contribution in [3.05, 3.63) is 75.1 Å². The molecule has 0 radical (unpaired) electrons. The summed E-state index contributed by atoms with van der Waals surface area (Å²) in [6.07, 6.45) is 5.27. The van der Waals surface area contributed by atoms with E-state index in [1.165, 1.54) is 12.8 Å². The maximum Gasteiger partial charge on any atom is 0.290 e. The van der Waals surface area contributed by atoms with E-state index in [1.807, 2.05) is 43.3 Å². The van der Waals surface area contributed by atoms with Crippen LogP contribution in [-0.2, 0) is 4.74 Å². The molecule has 0 saturated carbocycles. The maximum absolute atomic E-state index is 13.6. The van der Waals surface area contributed by atoms with E-state index in [0.29, 0.717) is 42.7 Å². The van der Waals surface area contributed by atoms with Gasteiger partial charge >= 0.3 is 0 Å². The Hall–Kier alpha value is -3.12. The van der Waals surface area contributed by atoms with Gasteiger partial charge in [-0.05, 0) is 49.6 Å². The number of carbonyl (C=O) groups is 1. The van der Waals surface area contributed by atoms with Crippen LogP contribution in [0.3, 0.4) is 0 Å². The number of carbonyl (C=O) groups excluding carboxylic acids is 1. The number of hydrogen-bond donors (Lipinski definition) is 0. The molecule has 0 bridgehead atoms. The van der Waals surface area contributed by atoms with Crippen LogP contribution in [0, 0.1) is 6.92 Å². The third-order valence-electron chi connectivity index (χ3n) is 6.33. The van der Waals surface area contributed by atoms with Crippen molar-refractivity contribution in [3.8, 4) is 5.75 Å². The van der Waals surface area contributed by atoms with Gasteiger partial charge in [-0.1, -0.05) is 49.9 Å². The van der Waals surface area contributed by atoms with E-state index in [2.05, 4.69) is 6.92 Å². The van der Waals surface area contributed by atoms with Crippen molar-refractivity contribution in [2.75, 3.05) is 26.9 Å². The Labute approximate surface area is 200 Å². The minimum atomic E-state index is -0.501. The largest absolute Gasteiger partial charge is 0.494 e. The van der Waals surface area contributed by atoms with Crippen LogP contribution in [0.1, 0.15) is 72.3 Å². The lowest BCUT2D eigenvalue weighted by Crippen LogP contribution is -2.31. The predicted molar refractivity (Wildman–Crippen MR) is 133 cm³/mol. The molecule has 1 aliphatic heterocycles. The van der Waals surface area contributed by atoms with Crippen molar-refractivity contribution in [2.24, 2.45) is 0 Å². The molecule has 3 aromatic rings. The summed E-state index contributed by atoms with van der Waals surface area (Å²) in [6.45, 7) is 5.80. The van der Waals surface area contributed by atoms with Crippen LogP contribution in [0.25, 0.3) is 11.0 Å². The first-order valence-electron chi connectivity index (χ1n) is 12.1. The summed E-state index contributed by atoms with van der Waals surface area (Å²) in [5.74, 6) is 0.670. The van der Waals surface area contributed by atoms with Gasteiger partial charge in [-0.25, -0.2) is 0 Å². The molecule has 1 atom stereocenters. The van der Waals surface area contributed by atoms with Gasteiger partial charge in [-0.3, -0.25) is 9.59 Å². The smallest absolute Gasteiger partial charge is 0.290 e. The van der Waals surface area contributed by atoms with Crippen molar-refractivity contribution < 1.29 is 18.7 Å². The number of benzene rings is 2. The molecule has 0 fully saturated rings. The van der Waals surface area contributed by atoms with Gasteiger partial charge in [0, 0.05) is 20.3 Å². The number of amides is 1. The summed E-state index contributed by atoms with van der Waals surface area (Å²) in [5, 5.41) is 0.502. The Kier molecular flexibility index (Phi) is 7.68. The van der Waals surface area contributed by atoms with E-state index >= 15 is 0 Å². The second-order valence-electron chi connectivity index (χ2n) is 8.90. The van der Waals surface area contributed by atoms with Gasteiger partial charge in [0.05, 0.1) is 23.6 Å². The fourth-order valence-electron chi connectivity index (χ4n) is 4.56. The second-order valence-corrected chi connectivity index (χ2v) is 8.90. The number of hydrogen-bond acceptors (Lipinski definition) is 5. The van der Waals surface area contributed by atoms with E-state index in [9.17, 15) is 9.59 Å². The highest BCUT2D eigenvalue weighted by atomic mass is 16.5. The molecule has 0 N–H and O–H groups in total. The van der Waals surface area contributed by atoms with Crippen molar-refractivity contribution >= 4 is 16.9 Å². The zero-order valence-corrected chi connectivity index (χ0v) is 20.3. The SMILES string of the molecule is CCCCCCOc1ccc(C2c3c(oc4ccc(C)cc4c3=O)C(=O)N2CCCOC)cc1. The van der Waals surface area contributed by atoms with Crippen LogP contribution in [0.15, 0.2) is 51.7 Å². The maximum atomic E-state index is 13.6. The molecule has 0 aliphatic carbocycles. The number of unbranched alkanes of at least 4 members (excludes halogenated alkanes) is 3. The zero-order chi connectivity index (χ0) is 24.1. The molecule has 6 nitrogen and oxygen atoms in total. The normalized spacial score (nSPS) is 15.2. The van der Waals surface area contributed by atoms with E-state index < -0.39 is 6.04 Å². The van der Waals surface area contributed by atoms with Gasteiger partial charge in [-0.15, -0.1) is 0 Å². The molecule has 2 aromatic carbocycles. The van der Waals surface area contributed by atoms with Crippen LogP contribution in [-0.4, -0.2) is 37.7 Å². The van der Waals surface area contributed by atoms with E-state index in [0.717, 1.165) is 29.7 Å². The van der Waals surface area contributed by atoms with Gasteiger partial charge < -0.3 is 18.8 Å². The van der Waals surface area contributed by atoms with Gasteiger partial charge in [-0.2, -0.15) is 0 Å². The van der Waals surface area contributed by atoms with Crippen molar-refractivity contribution in [2.45, 2.75) is 52.0 Å². The van der Waals surface area contributed by atoms with E-state index in [4.69, 9.17) is 13.9 Å². The van der Waals surface area contributed by atoms with Crippen LogP contribution < -0.4 is 10.2 Å². The fraction of sp³-hybridized carbons (Fsp3) is 0.429. The van der Waals surface area contributed by atoms with Crippen molar-refractivity contribution in [3.63, 3.8) is 0 Å². The first-order chi connectivity index (χ1) is 16.5. The van der Waals surface area contributed by atoms with Crippen LogP contribution in [0.5, 0.6) is 5.75 Å². The predicted octanol–water partition coefficient (Wildman–Crippen LogP) is 5.64. The number of methoxy groups -OCH3 is 1. The Bertz CT molecular complexity index is 1200. The highest BCUT2D eigenvalue weighted by molar-refractivity contribution is 5.99. The summed E-state index contributed by atoms with van der Waals surface area (Å²) in [5.41, 5.74) is 2.53. The molecular formula is C28H33NO5.